The van der Waals surface area contributed by atoms with Gasteiger partial charge in [-0.1, -0.05) is 40.7 Å². The minimum absolute atomic E-state index is 0.111. The highest BCUT2D eigenvalue weighted by atomic mass is 15.1. The lowest BCUT2D eigenvalue weighted by molar-refractivity contribution is 0.507. The number of benzene rings is 1. The Balaban J connectivity index is 2.23. The van der Waals surface area contributed by atoms with Gasteiger partial charge in [-0.15, -0.1) is 0 Å². The fraction of sp³-hybridized carbons (Fsp3) is 0.588. The molecule has 3 rings (SSSR count). The van der Waals surface area contributed by atoms with Crippen molar-refractivity contribution >= 4 is 11.0 Å². The summed E-state index contributed by atoms with van der Waals surface area (Å²) < 4.78 is 2.49. The van der Waals surface area contributed by atoms with E-state index in [2.05, 4.69) is 57.4 Å². The molecule has 1 aromatic heterocycles. The van der Waals surface area contributed by atoms with Gasteiger partial charge in [0.05, 0.1) is 11.0 Å². The van der Waals surface area contributed by atoms with Gasteiger partial charge in [0.2, 0.25) is 0 Å². The van der Waals surface area contributed by atoms with Crippen LogP contribution in [0.15, 0.2) is 18.2 Å². The van der Waals surface area contributed by atoms with Crippen molar-refractivity contribution in [2.24, 2.45) is 0 Å². The van der Waals surface area contributed by atoms with Gasteiger partial charge in [0.15, 0.2) is 0 Å². The first-order valence-corrected chi connectivity index (χ1v) is 7.40. The number of imidazole rings is 1. The Morgan fingerprint density at radius 3 is 2.42 bits per heavy atom. The number of rotatable bonds is 2. The number of nitrogens with zero attached hydrogens (tertiary/aromatic N) is 2. The van der Waals surface area contributed by atoms with Gasteiger partial charge in [-0.25, -0.2) is 4.98 Å². The third-order valence-corrected chi connectivity index (χ3v) is 3.96. The van der Waals surface area contributed by atoms with E-state index >= 15 is 0 Å². The lowest BCUT2D eigenvalue weighted by Crippen LogP contribution is -2.18. The van der Waals surface area contributed by atoms with Crippen LogP contribution >= 0.6 is 0 Å². The van der Waals surface area contributed by atoms with E-state index in [0.29, 0.717) is 12.0 Å². The molecular weight excluding hydrogens is 232 g/mol. The summed E-state index contributed by atoms with van der Waals surface area (Å²) in [4.78, 5) is 4.95. The van der Waals surface area contributed by atoms with Crippen molar-refractivity contribution in [3.8, 4) is 0 Å². The summed E-state index contributed by atoms with van der Waals surface area (Å²) in [5.41, 5.74) is 3.98. The summed E-state index contributed by atoms with van der Waals surface area (Å²) in [5.74, 6) is 1.81. The molecule has 0 atom stereocenters. The van der Waals surface area contributed by atoms with Crippen LogP contribution in [0, 0.1) is 0 Å². The van der Waals surface area contributed by atoms with Crippen LogP contribution in [0.25, 0.3) is 11.0 Å². The maximum absolute atomic E-state index is 4.95. The van der Waals surface area contributed by atoms with E-state index in [9.17, 15) is 0 Å². The molecule has 2 aromatic rings. The first kappa shape index (κ1) is 12.7. The second-order valence-electron chi connectivity index (χ2n) is 7.19. The first-order chi connectivity index (χ1) is 8.88. The van der Waals surface area contributed by atoms with Gasteiger partial charge in [-0.3, -0.25) is 0 Å². The maximum Gasteiger partial charge on any atom is 0.115 e. The number of hydrogen-bond acceptors (Lipinski definition) is 1. The molecule has 0 amide bonds. The van der Waals surface area contributed by atoms with Crippen molar-refractivity contribution in [3.63, 3.8) is 0 Å². The van der Waals surface area contributed by atoms with Crippen LogP contribution in [0.1, 0.15) is 70.8 Å². The largest absolute Gasteiger partial charge is 0.324 e. The Hall–Kier alpha value is -1.31. The van der Waals surface area contributed by atoms with E-state index < -0.39 is 0 Å². The Kier molecular flexibility index (Phi) is 2.74. The highest BCUT2D eigenvalue weighted by molar-refractivity contribution is 5.77. The molecule has 2 heteroatoms. The second-order valence-corrected chi connectivity index (χ2v) is 7.19. The summed E-state index contributed by atoms with van der Waals surface area (Å²) in [6.45, 7) is 11.3. The van der Waals surface area contributed by atoms with Crippen LogP contribution in [-0.4, -0.2) is 9.55 Å². The molecule has 0 unspecified atom stereocenters. The fourth-order valence-corrected chi connectivity index (χ4v) is 2.71. The Labute approximate surface area is 115 Å². The highest BCUT2D eigenvalue weighted by Crippen LogP contribution is 2.41. The van der Waals surface area contributed by atoms with E-state index in [4.69, 9.17) is 4.98 Å². The molecular formula is C17H24N2. The molecule has 1 aliphatic rings. The van der Waals surface area contributed by atoms with Crippen LogP contribution in [0.5, 0.6) is 0 Å². The molecule has 0 bridgehead atoms. The predicted molar refractivity (Wildman–Crippen MR) is 80.8 cm³/mol. The molecule has 1 saturated carbocycles. The smallest absolute Gasteiger partial charge is 0.115 e. The average molecular weight is 256 g/mol. The molecule has 0 radical (unpaired) electrons. The van der Waals surface area contributed by atoms with E-state index in [1.54, 1.807) is 0 Å². The number of fused-ring (bicyclic) bond motifs is 1. The quantitative estimate of drug-likeness (QED) is 0.755. The first-order valence-electron chi connectivity index (χ1n) is 7.40. The van der Waals surface area contributed by atoms with Crippen molar-refractivity contribution in [2.45, 2.75) is 64.8 Å². The maximum atomic E-state index is 4.95. The number of aromatic nitrogens is 2. The molecule has 0 N–H and O–H groups in total. The summed E-state index contributed by atoms with van der Waals surface area (Å²) in [5, 5.41) is 0. The van der Waals surface area contributed by atoms with Crippen molar-refractivity contribution in [2.75, 3.05) is 0 Å². The summed E-state index contributed by atoms with van der Waals surface area (Å²) >= 11 is 0. The van der Waals surface area contributed by atoms with Gasteiger partial charge in [0.25, 0.3) is 0 Å². The van der Waals surface area contributed by atoms with Gasteiger partial charge >= 0.3 is 0 Å². The lowest BCUT2D eigenvalue weighted by atomic mass is 9.95. The average Bonchev–Trinajstić information content (AvgIpc) is 3.07. The minimum atomic E-state index is 0.111. The minimum Gasteiger partial charge on any atom is -0.324 e. The third kappa shape index (κ3) is 2.18. The van der Waals surface area contributed by atoms with Gasteiger partial charge < -0.3 is 4.57 Å². The van der Waals surface area contributed by atoms with E-state index in [0.717, 1.165) is 0 Å². The summed E-state index contributed by atoms with van der Waals surface area (Å²) in [7, 11) is 0. The van der Waals surface area contributed by atoms with E-state index in [1.165, 1.54) is 35.3 Å². The normalized spacial score (nSPS) is 16.5. The van der Waals surface area contributed by atoms with E-state index in [1.807, 2.05) is 0 Å². The van der Waals surface area contributed by atoms with Crippen LogP contribution in [0.3, 0.4) is 0 Å². The zero-order valence-electron chi connectivity index (χ0n) is 12.7. The van der Waals surface area contributed by atoms with Crippen LogP contribution < -0.4 is 0 Å². The van der Waals surface area contributed by atoms with E-state index in [-0.39, 0.29) is 5.41 Å². The zero-order valence-corrected chi connectivity index (χ0v) is 12.7. The SMILES string of the molecule is CC(C)c1ccc2c(c1)nc(C(C)(C)C)n2C1CC1. The molecule has 0 saturated heterocycles. The molecule has 102 valence electrons. The Bertz CT molecular complexity index is 610. The van der Waals surface area contributed by atoms with Crippen molar-refractivity contribution < 1.29 is 0 Å². The monoisotopic (exact) mass is 256 g/mol. The molecule has 1 fully saturated rings. The van der Waals surface area contributed by atoms with Gasteiger partial charge in [-0.05, 0) is 36.5 Å². The molecule has 0 aliphatic heterocycles. The predicted octanol–water partition coefficient (Wildman–Crippen LogP) is 4.79. The van der Waals surface area contributed by atoms with Gasteiger partial charge in [0.1, 0.15) is 5.82 Å². The van der Waals surface area contributed by atoms with Crippen molar-refractivity contribution in [1.29, 1.82) is 0 Å². The zero-order chi connectivity index (χ0) is 13.8. The standard InChI is InChI=1S/C17H24N2/c1-11(2)12-6-9-15-14(10-12)18-16(17(3,4)5)19(15)13-7-8-13/h6,9-11,13H,7-8H2,1-5H3. The molecule has 2 nitrogen and oxygen atoms in total. The molecule has 0 spiro atoms. The van der Waals surface area contributed by atoms with Gasteiger partial charge in [-0.2, -0.15) is 0 Å². The second kappa shape index (κ2) is 4.09. The molecule has 1 heterocycles. The number of hydrogen-bond donors (Lipinski definition) is 0. The summed E-state index contributed by atoms with van der Waals surface area (Å²) in [6, 6.07) is 7.49. The topological polar surface area (TPSA) is 17.8 Å². The van der Waals surface area contributed by atoms with Crippen LogP contribution in [-0.2, 0) is 5.41 Å². The Morgan fingerprint density at radius 1 is 1.21 bits per heavy atom. The third-order valence-electron chi connectivity index (χ3n) is 3.96. The Morgan fingerprint density at radius 2 is 1.89 bits per heavy atom. The van der Waals surface area contributed by atoms with Crippen LogP contribution in [0.4, 0.5) is 0 Å². The molecule has 1 aromatic carbocycles. The van der Waals surface area contributed by atoms with Crippen molar-refractivity contribution in [1.82, 2.24) is 9.55 Å². The lowest BCUT2D eigenvalue weighted by Gasteiger charge is -2.20. The van der Waals surface area contributed by atoms with Gasteiger partial charge in [0, 0.05) is 11.5 Å². The van der Waals surface area contributed by atoms with Crippen LogP contribution in [0.2, 0.25) is 0 Å². The summed E-state index contributed by atoms with van der Waals surface area (Å²) in [6.07, 6.45) is 2.61. The van der Waals surface area contributed by atoms with Crippen molar-refractivity contribution in [3.05, 3.63) is 29.6 Å². The molecule has 19 heavy (non-hydrogen) atoms. The molecule has 1 aliphatic carbocycles. The fourth-order valence-electron chi connectivity index (χ4n) is 2.71. The highest BCUT2D eigenvalue weighted by Gasteiger charge is 2.32.